The molecule has 0 aliphatic heterocycles. The van der Waals surface area contributed by atoms with Crippen LogP contribution in [0.15, 0.2) is 48.5 Å². The summed E-state index contributed by atoms with van der Waals surface area (Å²) in [6.07, 6.45) is 1.12. The lowest BCUT2D eigenvalue weighted by atomic mass is 10.0. The Morgan fingerprint density at radius 1 is 1.11 bits per heavy atom. The molecule has 1 N–H and O–H groups in total. The van der Waals surface area contributed by atoms with E-state index in [1.807, 2.05) is 43.3 Å². The Kier molecular flexibility index (Phi) is 4.40. The van der Waals surface area contributed by atoms with E-state index in [0.717, 1.165) is 17.5 Å². The highest BCUT2D eigenvalue weighted by Crippen LogP contribution is 2.24. The fourth-order valence-corrected chi connectivity index (χ4v) is 2.12. The molecule has 0 amide bonds. The molecule has 18 heavy (non-hydrogen) atoms. The van der Waals surface area contributed by atoms with E-state index in [1.54, 1.807) is 0 Å². The van der Waals surface area contributed by atoms with Crippen LogP contribution < -0.4 is 0 Å². The fourth-order valence-electron chi connectivity index (χ4n) is 1.93. The van der Waals surface area contributed by atoms with E-state index in [9.17, 15) is 5.11 Å². The van der Waals surface area contributed by atoms with Crippen molar-refractivity contribution >= 4 is 11.6 Å². The van der Waals surface area contributed by atoms with E-state index < -0.39 is 6.10 Å². The first-order chi connectivity index (χ1) is 8.66. The van der Waals surface area contributed by atoms with Crippen molar-refractivity contribution in [3.8, 4) is 0 Å². The summed E-state index contributed by atoms with van der Waals surface area (Å²) in [6, 6.07) is 15.9. The molecule has 2 rings (SSSR count). The minimum atomic E-state index is -0.455. The van der Waals surface area contributed by atoms with Crippen molar-refractivity contribution in [3.63, 3.8) is 0 Å². The van der Waals surface area contributed by atoms with Crippen LogP contribution in [0.5, 0.6) is 0 Å². The maximum atomic E-state index is 10.1. The lowest BCUT2D eigenvalue weighted by Gasteiger charge is -2.12. The van der Waals surface area contributed by atoms with Crippen LogP contribution in [0.25, 0.3) is 0 Å². The Bertz CT molecular complexity index is 508. The van der Waals surface area contributed by atoms with Crippen LogP contribution in [-0.4, -0.2) is 5.11 Å². The second kappa shape index (κ2) is 6.03. The van der Waals surface area contributed by atoms with Crippen LogP contribution in [0.4, 0.5) is 0 Å². The highest BCUT2D eigenvalue weighted by atomic mass is 35.5. The first kappa shape index (κ1) is 13.1. The number of hydrogen-bond acceptors (Lipinski definition) is 1. The first-order valence-corrected chi connectivity index (χ1v) is 6.52. The van der Waals surface area contributed by atoms with Gasteiger partial charge in [0.1, 0.15) is 0 Å². The number of aryl methyl sites for hydroxylation is 2. The first-order valence-electron chi connectivity index (χ1n) is 6.15. The molecule has 2 heteroatoms. The predicted molar refractivity (Wildman–Crippen MR) is 75.9 cm³/mol. The van der Waals surface area contributed by atoms with Gasteiger partial charge >= 0.3 is 0 Å². The van der Waals surface area contributed by atoms with Gasteiger partial charge in [-0.25, -0.2) is 0 Å². The van der Waals surface area contributed by atoms with E-state index in [-0.39, 0.29) is 0 Å². The largest absolute Gasteiger partial charge is 0.388 e. The van der Waals surface area contributed by atoms with Gasteiger partial charge in [-0.05, 0) is 42.5 Å². The molecule has 0 fully saturated rings. The zero-order valence-corrected chi connectivity index (χ0v) is 11.2. The summed E-state index contributed by atoms with van der Waals surface area (Å²) in [4.78, 5) is 0. The van der Waals surface area contributed by atoms with E-state index in [0.29, 0.717) is 11.4 Å². The Hall–Kier alpha value is -1.31. The summed E-state index contributed by atoms with van der Waals surface area (Å²) < 4.78 is 0. The SMILES string of the molecule is Cc1ccc(C(O)CCc2ccccc2)cc1Cl. The topological polar surface area (TPSA) is 20.2 Å². The summed E-state index contributed by atoms with van der Waals surface area (Å²) >= 11 is 6.06. The molecule has 1 nitrogen and oxygen atoms in total. The standard InChI is InChI=1S/C16H17ClO/c1-12-7-9-14(11-15(12)17)16(18)10-8-13-5-3-2-4-6-13/h2-7,9,11,16,18H,8,10H2,1H3. The molecule has 94 valence electrons. The second-order valence-corrected chi connectivity index (χ2v) is 4.96. The fraction of sp³-hybridized carbons (Fsp3) is 0.250. The van der Waals surface area contributed by atoms with E-state index >= 15 is 0 Å². The molecule has 0 aliphatic carbocycles. The average Bonchev–Trinajstić information content (AvgIpc) is 2.40. The molecule has 0 bridgehead atoms. The van der Waals surface area contributed by atoms with Gasteiger partial charge in [0, 0.05) is 5.02 Å². The van der Waals surface area contributed by atoms with Gasteiger partial charge in [0.05, 0.1) is 6.10 Å². The van der Waals surface area contributed by atoms with E-state index in [4.69, 9.17) is 11.6 Å². The third-order valence-corrected chi connectivity index (χ3v) is 3.54. The molecular weight excluding hydrogens is 244 g/mol. The highest BCUT2D eigenvalue weighted by Gasteiger charge is 2.09. The van der Waals surface area contributed by atoms with Crippen molar-refractivity contribution in [2.75, 3.05) is 0 Å². The van der Waals surface area contributed by atoms with Gasteiger partial charge < -0.3 is 5.11 Å². The van der Waals surface area contributed by atoms with Crippen molar-refractivity contribution < 1.29 is 5.11 Å². The lowest BCUT2D eigenvalue weighted by Crippen LogP contribution is -2.00. The van der Waals surface area contributed by atoms with Gasteiger partial charge in [0.25, 0.3) is 0 Å². The lowest BCUT2D eigenvalue weighted by molar-refractivity contribution is 0.168. The van der Waals surface area contributed by atoms with Crippen LogP contribution in [0.1, 0.15) is 29.2 Å². The predicted octanol–water partition coefficient (Wildman–Crippen LogP) is 4.31. The number of hydrogen-bond donors (Lipinski definition) is 1. The van der Waals surface area contributed by atoms with Crippen molar-refractivity contribution in [2.24, 2.45) is 0 Å². The molecule has 0 aliphatic rings. The van der Waals surface area contributed by atoms with Crippen LogP contribution in [0.2, 0.25) is 5.02 Å². The van der Waals surface area contributed by atoms with E-state index in [2.05, 4.69) is 12.1 Å². The number of aliphatic hydroxyl groups excluding tert-OH is 1. The van der Waals surface area contributed by atoms with Crippen molar-refractivity contribution in [3.05, 3.63) is 70.2 Å². The third kappa shape index (κ3) is 3.34. The number of rotatable bonds is 4. The Morgan fingerprint density at radius 3 is 2.50 bits per heavy atom. The normalized spacial score (nSPS) is 12.4. The molecule has 0 aromatic heterocycles. The molecule has 2 aromatic carbocycles. The molecule has 0 heterocycles. The van der Waals surface area contributed by atoms with Crippen molar-refractivity contribution in [2.45, 2.75) is 25.9 Å². The monoisotopic (exact) mass is 260 g/mol. The van der Waals surface area contributed by atoms with Gasteiger partial charge in [0.15, 0.2) is 0 Å². The molecule has 1 unspecified atom stereocenters. The Balaban J connectivity index is 1.99. The number of aliphatic hydroxyl groups is 1. The zero-order valence-electron chi connectivity index (χ0n) is 10.4. The van der Waals surface area contributed by atoms with Crippen LogP contribution in [0, 0.1) is 6.92 Å². The summed E-state index contributed by atoms with van der Waals surface area (Å²) in [5.74, 6) is 0. The molecule has 0 spiro atoms. The maximum Gasteiger partial charge on any atom is 0.0793 e. The third-order valence-electron chi connectivity index (χ3n) is 3.13. The quantitative estimate of drug-likeness (QED) is 0.868. The second-order valence-electron chi connectivity index (χ2n) is 4.55. The summed E-state index contributed by atoms with van der Waals surface area (Å²) in [7, 11) is 0. The van der Waals surface area contributed by atoms with Gasteiger partial charge in [-0.3, -0.25) is 0 Å². The van der Waals surface area contributed by atoms with Gasteiger partial charge in [-0.15, -0.1) is 0 Å². The summed E-state index contributed by atoms with van der Waals surface area (Å²) in [5, 5.41) is 10.9. The Labute approximate surface area is 113 Å². The molecule has 0 saturated carbocycles. The molecular formula is C16H17ClO. The van der Waals surface area contributed by atoms with Crippen molar-refractivity contribution in [1.82, 2.24) is 0 Å². The molecule has 0 saturated heterocycles. The Morgan fingerprint density at radius 2 is 1.83 bits per heavy atom. The average molecular weight is 261 g/mol. The minimum absolute atomic E-state index is 0.455. The van der Waals surface area contributed by atoms with Crippen LogP contribution >= 0.6 is 11.6 Å². The van der Waals surface area contributed by atoms with Crippen LogP contribution in [-0.2, 0) is 6.42 Å². The van der Waals surface area contributed by atoms with Crippen LogP contribution in [0.3, 0.4) is 0 Å². The maximum absolute atomic E-state index is 10.1. The molecule has 2 aromatic rings. The smallest absolute Gasteiger partial charge is 0.0793 e. The summed E-state index contributed by atoms with van der Waals surface area (Å²) in [5.41, 5.74) is 3.17. The van der Waals surface area contributed by atoms with Gasteiger partial charge in [-0.1, -0.05) is 54.1 Å². The van der Waals surface area contributed by atoms with Gasteiger partial charge in [-0.2, -0.15) is 0 Å². The molecule has 0 radical (unpaired) electrons. The van der Waals surface area contributed by atoms with Gasteiger partial charge in [0.2, 0.25) is 0 Å². The van der Waals surface area contributed by atoms with E-state index in [1.165, 1.54) is 5.56 Å². The number of halogens is 1. The zero-order chi connectivity index (χ0) is 13.0. The van der Waals surface area contributed by atoms with Crippen molar-refractivity contribution in [1.29, 1.82) is 0 Å². The number of benzene rings is 2. The highest BCUT2D eigenvalue weighted by molar-refractivity contribution is 6.31. The summed E-state index contributed by atoms with van der Waals surface area (Å²) in [6.45, 7) is 1.96. The minimum Gasteiger partial charge on any atom is -0.388 e. The molecule has 1 atom stereocenters.